The highest BCUT2D eigenvalue weighted by atomic mass is 32.1. The summed E-state index contributed by atoms with van der Waals surface area (Å²) in [5.41, 5.74) is 0.983. The molecule has 0 radical (unpaired) electrons. The Morgan fingerprint density at radius 1 is 1.40 bits per heavy atom. The smallest absolute Gasteiger partial charge is 0.167 e. The lowest BCUT2D eigenvalue weighted by Gasteiger charge is -2.13. The van der Waals surface area contributed by atoms with Crippen molar-refractivity contribution in [2.45, 2.75) is 40.0 Å². The summed E-state index contributed by atoms with van der Waals surface area (Å²) >= 11 is 1.74. The minimum Gasteiger partial charge on any atom is -0.294 e. The van der Waals surface area contributed by atoms with Gasteiger partial charge < -0.3 is 0 Å². The van der Waals surface area contributed by atoms with Gasteiger partial charge in [-0.3, -0.25) is 4.79 Å². The molecule has 0 aliphatic heterocycles. The molecule has 1 nitrogen and oxygen atoms in total. The maximum Gasteiger partial charge on any atom is 0.167 e. The molecule has 0 saturated heterocycles. The Bertz CT molecular complexity index is 378. The number of thiophene rings is 1. The molecule has 1 heterocycles. The van der Waals surface area contributed by atoms with Gasteiger partial charge in [0.1, 0.15) is 0 Å². The molecule has 2 rings (SSSR count). The molecular weight excluding hydrogens is 204 g/mol. The predicted molar refractivity (Wildman–Crippen MR) is 64.6 cm³/mol. The van der Waals surface area contributed by atoms with E-state index >= 15 is 0 Å². The van der Waals surface area contributed by atoms with E-state index in [1.165, 1.54) is 22.6 Å². The summed E-state index contributed by atoms with van der Waals surface area (Å²) in [5, 5.41) is 0. The number of hydrogen-bond acceptors (Lipinski definition) is 2. The van der Waals surface area contributed by atoms with E-state index in [-0.39, 0.29) is 5.92 Å². The Kier molecular flexibility index (Phi) is 2.96. The van der Waals surface area contributed by atoms with Crippen LogP contribution in [0.4, 0.5) is 0 Å². The Labute approximate surface area is 95.5 Å². The van der Waals surface area contributed by atoms with Crippen LogP contribution in [0.1, 0.15) is 46.3 Å². The van der Waals surface area contributed by atoms with E-state index in [1.54, 1.807) is 11.3 Å². The van der Waals surface area contributed by atoms with Gasteiger partial charge in [-0.2, -0.15) is 0 Å². The van der Waals surface area contributed by atoms with Gasteiger partial charge in [0.2, 0.25) is 0 Å². The van der Waals surface area contributed by atoms with Crippen molar-refractivity contribution in [2.75, 3.05) is 0 Å². The van der Waals surface area contributed by atoms with Gasteiger partial charge in [-0.05, 0) is 38.7 Å². The summed E-state index contributed by atoms with van der Waals surface area (Å²) in [4.78, 5) is 14.7. The predicted octanol–water partition coefficient (Wildman–Crippen LogP) is 3.98. The monoisotopic (exact) mass is 222 g/mol. The second-order valence-electron chi connectivity index (χ2n) is 4.71. The number of rotatable bonds is 2. The molecule has 0 aromatic carbocycles. The van der Waals surface area contributed by atoms with Crippen molar-refractivity contribution in [3.8, 4) is 0 Å². The Balaban J connectivity index is 2.24. The first kappa shape index (κ1) is 10.9. The molecule has 1 aliphatic carbocycles. The molecular formula is C13H18OS. The largest absolute Gasteiger partial charge is 0.294 e. The van der Waals surface area contributed by atoms with Gasteiger partial charge in [0.05, 0.1) is 0 Å². The fourth-order valence-electron chi connectivity index (χ4n) is 2.61. The molecule has 82 valence electrons. The SMILES string of the molecule is Cc1cc(C(=O)C2CCCC2C)c(C)s1. The van der Waals surface area contributed by atoms with E-state index in [4.69, 9.17) is 0 Å². The quantitative estimate of drug-likeness (QED) is 0.692. The number of carbonyl (C=O) groups is 1. The highest BCUT2D eigenvalue weighted by molar-refractivity contribution is 7.12. The van der Waals surface area contributed by atoms with Crippen LogP contribution < -0.4 is 0 Å². The first-order valence-corrected chi connectivity index (χ1v) is 6.52. The van der Waals surface area contributed by atoms with Crippen molar-refractivity contribution in [3.05, 3.63) is 21.4 Å². The standard InChI is InChI=1S/C13H18OS/c1-8-5-4-6-11(8)13(14)12-7-9(2)15-10(12)3/h7-8,11H,4-6H2,1-3H3. The summed E-state index contributed by atoms with van der Waals surface area (Å²) in [6.07, 6.45) is 3.53. The number of ketones is 1. The zero-order valence-electron chi connectivity index (χ0n) is 9.67. The molecule has 1 aliphatic rings. The van der Waals surface area contributed by atoms with E-state index in [9.17, 15) is 4.79 Å². The van der Waals surface area contributed by atoms with Crippen LogP contribution in [0.3, 0.4) is 0 Å². The maximum absolute atomic E-state index is 12.3. The minimum atomic E-state index is 0.290. The second kappa shape index (κ2) is 4.09. The first-order valence-electron chi connectivity index (χ1n) is 5.71. The van der Waals surface area contributed by atoms with Crippen LogP contribution in [0.25, 0.3) is 0 Å². The topological polar surface area (TPSA) is 17.1 Å². The number of aryl methyl sites for hydroxylation is 2. The van der Waals surface area contributed by atoms with Crippen molar-refractivity contribution in [2.24, 2.45) is 11.8 Å². The van der Waals surface area contributed by atoms with Crippen LogP contribution in [-0.4, -0.2) is 5.78 Å². The molecule has 0 amide bonds. The Morgan fingerprint density at radius 2 is 2.13 bits per heavy atom. The van der Waals surface area contributed by atoms with E-state index < -0.39 is 0 Å². The van der Waals surface area contributed by atoms with Gasteiger partial charge in [0.25, 0.3) is 0 Å². The average Bonchev–Trinajstić information content (AvgIpc) is 2.71. The van der Waals surface area contributed by atoms with Gasteiger partial charge >= 0.3 is 0 Å². The van der Waals surface area contributed by atoms with Crippen molar-refractivity contribution in [3.63, 3.8) is 0 Å². The molecule has 1 aromatic rings. The molecule has 2 heteroatoms. The van der Waals surface area contributed by atoms with Crippen LogP contribution >= 0.6 is 11.3 Å². The van der Waals surface area contributed by atoms with Crippen LogP contribution in [0, 0.1) is 25.7 Å². The third kappa shape index (κ3) is 2.00. The zero-order chi connectivity index (χ0) is 11.0. The molecule has 1 fully saturated rings. The highest BCUT2D eigenvalue weighted by Gasteiger charge is 2.31. The molecule has 15 heavy (non-hydrogen) atoms. The molecule has 0 N–H and O–H groups in total. The lowest BCUT2D eigenvalue weighted by Crippen LogP contribution is -2.17. The summed E-state index contributed by atoms with van der Waals surface area (Å²) in [6.45, 7) is 6.35. The van der Waals surface area contributed by atoms with Crippen LogP contribution in [0.15, 0.2) is 6.07 Å². The summed E-state index contributed by atoms with van der Waals surface area (Å²) in [7, 11) is 0. The molecule has 0 spiro atoms. The average molecular weight is 222 g/mol. The summed E-state index contributed by atoms with van der Waals surface area (Å²) in [6, 6.07) is 2.06. The molecule has 2 unspecified atom stereocenters. The van der Waals surface area contributed by atoms with Gasteiger partial charge in [-0.25, -0.2) is 0 Å². The number of Topliss-reactive ketones (excluding diaryl/α,β-unsaturated/α-hetero) is 1. The lowest BCUT2D eigenvalue weighted by atomic mass is 9.90. The molecule has 1 aromatic heterocycles. The van der Waals surface area contributed by atoms with Gasteiger partial charge in [-0.15, -0.1) is 11.3 Å². The van der Waals surface area contributed by atoms with Gasteiger partial charge in [-0.1, -0.05) is 13.3 Å². The lowest BCUT2D eigenvalue weighted by molar-refractivity contribution is 0.0897. The molecule has 2 atom stereocenters. The summed E-state index contributed by atoms with van der Waals surface area (Å²) in [5.74, 6) is 1.26. The fraction of sp³-hybridized carbons (Fsp3) is 0.615. The molecule has 0 bridgehead atoms. The number of hydrogen-bond donors (Lipinski definition) is 0. The van der Waals surface area contributed by atoms with Crippen molar-refractivity contribution >= 4 is 17.1 Å². The number of carbonyl (C=O) groups excluding carboxylic acids is 1. The van der Waals surface area contributed by atoms with E-state index in [0.29, 0.717) is 11.7 Å². The second-order valence-corrected chi connectivity index (χ2v) is 6.17. The highest BCUT2D eigenvalue weighted by Crippen LogP contribution is 2.35. The third-order valence-corrected chi connectivity index (χ3v) is 4.47. The summed E-state index contributed by atoms with van der Waals surface area (Å²) < 4.78 is 0. The van der Waals surface area contributed by atoms with Gasteiger partial charge in [0.15, 0.2) is 5.78 Å². The zero-order valence-corrected chi connectivity index (χ0v) is 10.5. The van der Waals surface area contributed by atoms with Crippen molar-refractivity contribution in [1.82, 2.24) is 0 Å². The Hall–Kier alpha value is -0.630. The fourth-order valence-corrected chi connectivity index (χ4v) is 3.54. The minimum absolute atomic E-state index is 0.290. The van der Waals surface area contributed by atoms with E-state index in [2.05, 4.69) is 26.8 Å². The normalized spacial score (nSPS) is 25.8. The van der Waals surface area contributed by atoms with E-state index in [0.717, 1.165) is 12.0 Å². The third-order valence-electron chi connectivity index (χ3n) is 3.50. The maximum atomic E-state index is 12.3. The van der Waals surface area contributed by atoms with Crippen LogP contribution in [0.2, 0.25) is 0 Å². The van der Waals surface area contributed by atoms with E-state index in [1.807, 2.05) is 0 Å². The Morgan fingerprint density at radius 3 is 2.60 bits per heavy atom. The first-order chi connectivity index (χ1) is 7.09. The van der Waals surface area contributed by atoms with Gasteiger partial charge in [0, 0.05) is 21.2 Å². The van der Waals surface area contributed by atoms with Crippen LogP contribution in [-0.2, 0) is 0 Å². The van der Waals surface area contributed by atoms with Crippen LogP contribution in [0.5, 0.6) is 0 Å². The van der Waals surface area contributed by atoms with Crippen molar-refractivity contribution < 1.29 is 4.79 Å². The molecule has 1 saturated carbocycles. The van der Waals surface area contributed by atoms with Crippen molar-refractivity contribution in [1.29, 1.82) is 0 Å².